The van der Waals surface area contributed by atoms with Crippen LogP contribution >= 0.6 is 0 Å². The van der Waals surface area contributed by atoms with Crippen molar-refractivity contribution in [1.29, 1.82) is 5.26 Å². The molecule has 5 heteroatoms. The molecule has 1 amide bonds. The molecule has 0 aliphatic heterocycles. The Hall–Kier alpha value is -3.78. The predicted octanol–water partition coefficient (Wildman–Crippen LogP) is 6.78. The number of carbonyl (C=O) groups excluding carboxylic acids is 1. The first kappa shape index (κ1) is 23.9. The van der Waals surface area contributed by atoms with Crippen LogP contribution in [-0.4, -0.2) is 18.2 Å². The summed E-state index contributed by atoms with van der Waals surface area (Å²) in [5, 5.41) is 11.3. The van der Waals surface area contributed by atoms with Crippen LogP contribution in [-0.2, 0) is 17.8 Å². The fourth-order valence-corrected chi connectivity index (χ4v) is 3.69. The van der Waals surface area contributed by atoms with Crippen LogP contribution in [0.25, 0.3) is 10.8 Å². The zero-order valence-electron chi connectivity index (χ0n) is 19.7. The van der Waals surface area contributed by atoms with E-state index in [1.54, 1.807) is 17.0 Å². The van der Waals surface area contributed by atoms with Crippen LogP contribution in [0.15, 0.2) is 67.3 Å². The molecule has 0 saturated carbocycles. The van der Waals surface area contributed by atoms with Crippen LogP contribution in [0.4, 0.5) is 10.5 Å². The van der Waals surface area contributed by atoms with E-state index in [0.717, 1.165) is 21.9 Å². The zero-order chi connectivity index (χ0) is 24.0. The highest BCUT2D eigenvalue weighted by Gasteiger charge is 2.26. The fourth-order valence-electron chi connectivity index (χ4n) is 3.69. The molecule has 0 fully saturated rings. The van der Waals surface area contributed by atoms with Gasteiger partial charge in [-0.05, 0) is 61.9 Å². The third-order valence-electron chi connectivity index (χ3n) is 5.12. The van der Waals surface area contributed by atoms with Crippen LogP contribution < -0.4 is 9.64 Å². The van der Waals surface area contributed by atoms with Gasteiger partial charge in [0, 0.05) is 18.0 Å². The summed E-state index contributed by atoms with van der Waals surface area (Å²) >= 11 is 0. The highest BCUT2D eigenvalue weighted by Crippen LogP contribution is 2.38. The van der Waals surface area contributed by atoms with Crippen molar-refractivity contribution < 1.29 is 14.3 Å². The summed E-state index contributed by atoms with van der Waals surface area (Å²) in [6, 6.07) is 19.6. The van der Waals surface area contributed by atoms with Gasteiger partial charge in [-0.25, -0.2) is 4.79 Å². The quantitative estimate of drug-likeness (QED) is 0.378. The number of hydrogen-bond acceptors (Lipinski definition) is 4. The van der Waals surface area contributed by atoms with Crippen LogP contribution in [0.1, 0.15) is 44.4 Å². The lowest BCUT2D eigenvalue weighted by molar-refractivity contribution is 0.0584. The average molecular weight is 443 g/mol. The van der Waals surface area contributed by atoms with Gasteiger partial charge in [-0.15, -0.1) is 6.58 Å². The van der Waals surface area contributed by atoms with Gasteiger partial charge >= 0.3 is 6.09 Å². The SMILES string of the molecule is C=CCN(C(=O)OC(C)(C)C)c1cc(OCc2ccccc2)c2ccc(C#N)cc2c1CC. The topological polar surface area (TPSA) is 62.6 Å². The molecule has 0 aliphatic rings. The van der Waals surface area contributed by atoms with E-state index in [4.69, 9.17) is 9.47 Å². The molecular formula is C28H30N2O3. The van der Waals surface area contributed by atoms with Crippen molar-refractivity contribution in [2.45, 2.75) is 46.3 Å². The van der Waals surface area contributed by atoms with Crippen molar-refractivity contribution in [3.05, 3.63) is 83.9 Å². The van der Waals surface area contributed by atoms with Crippen molar-refractivity contribution in [1.82, 2.24) is 0 Å². The van der Waals surface area contributed by atoms with Crippen LogP contribution in [0.5, 0.6) is 5.75 Å². The number of nitrogens with zero attached hydrogens (tertiary/aromatic N) is 2. The number of rotatable bonds is 7. The Morgan fingerprint density at radius 2 is 1.85 bits per heavy atom. The number of nitriles is 1. The normalized spacial score (nSPS) is 11.0. The molecule has 0 N–H and O–H groups in total. The summed E-state index contributed by atoms with van der Waals surface area (Å²) < 4.78 is 11.9. The summed E-state index contributed by atoms with van der Waals surface area (Å²) in [6.07, 6.45) is 1.88. The highest BCUT2D eigenvalue weighted by molar-refractivity contribution is 6.00. The molecular weight excluding hydrogens is 412 g/mol. The van der Waals surface area contributed by atoms with Gasteiger partial charge in [0.15, 0.2) is 0 Å². The lowest BCUT2D eigenvalue weighted by atomic mass is 9.97. The van der Waals surface area contributed by atoms with Crippen LogP contribution in [0.3, 0.4) is 0 Å². The molecule has 170 valence electrons. The van der Waals surface area contributed by atoms with Crippen molar-refractivity contribution >= 4 is 22.6 Å². The molecule has 0 saturated heterocycles. The first-order chi connectivity index (χ1) is 15.8. The number of aryl methyl sites for hydroxylation is 1. The maximum absolute atomic E-state index is 13.1. The van der Waals surface area contributed by atoms with Crippen LogP contribution in [0.2, 0.25) is 0 Å². The minimum absolute atomic E-state index is 0.281. The number of carbonyl (C=O) groups is 1. The van der Waals surface area contributed by atoms with E-state index in [1.165, 1.54) is 0 Å². The summed E-state index contributed by atoms with van der Waals surface area (Å²) in [4.78, 5) is 14.7. The molecule has 0 radical (unpaired) electrons. The smallest absolute Gasteiger partial charge is 0.415 e. The summed E-state index contributed by atoms with van der Waals surface area (Å²) in [5.41, 5.74) is 2.59. The van der Waals surface area contributed by atoms with Gasteiger partial charge < -0.3 is 9.47 Å². The van der Waals surface area contributed by atoms with E-state index in [2.05, 4.69) is 12.6 Å². The van der Waals surface area contributed by atoms with Gasteiger partial charge in [0.05, 0.1) is 17.3 Å². The summed E-state index contributed by atoms with van der Waals surface area (Å²) in [5.74, 6) is 0.642. The molecule has 3 aromatic carbocycles. The molecule has 0 bridgehead atoms. The number of amides is 1. The third kappa shape index (κ3) is 5.72. The number of benzene rings is 3. The van der Waals surface area contributed by atoms with Crippen molar-refractivity contribution in [2.75, 3.05) is 11.4 Å². The summed E-state index contributed by atoms with van der Waals surface area (Å²) in [7, 11) is 0. The van der Waals surface area contributed by atoms with E-state index in [9.17, 15) is 10.1 Å². The van der Waals surface area contributed by atoms with Crippen molar-refractivity contribution in [3.8, 4) is 11.8 Å². The largest absolute Gasteiger partial charge is 0.488 e. The molecule has 3 aromatic rings. The van der Waals surface area contributed by atoms with E-state index in [1.807, 2.05) is 76.2 Å². The molecule has 3 rings (SSSR count). The van der Waals surface area contributed by atoms with Gasteiger partial charge in [0.25, 0.3) is 0 Å². The Morgan fingerprint density at radius 3 is 2.45 bits per heavy atom. The number of fused-ring (bicyclic) bond motifs is 1. The second-order valence-electron chi connectivity index (χ2n) is 8.75. The van der Waals surface area contributed by atoms with Crippen molar-refractivity contribution in [2.24, 2.45) is 0 Å². The van der Waals surface area contributed by atoms with E-state index in [0.29, 0.717) is 30.0 Å². The lowest BCUT2D eigenvalue weighted by Crippen LogP contribution is -2.37. The number of ether oxygens (including phenoxy) is 2. The third-order valence-corrected chi connectivity index (χ3v) is 5.12. The Balaban J connectivity index is 2.18. The monoisotopic (exact) mass is 442 g/mol. The standard InChI is InChI=1S/C28H30N2O3/c1-6-15-30(27(31)33-28(3,4)5)25-17-26(32-19-20-11-9-8-10-12-20)23-14-13-21(18-29)16-24(23)22(25)7-2/h6,8-14,16-17H,1,7,15,19H2,2-5H3. The molecule has 0 aromatic heterocycles. The van der Waals surface area contributed by atoms with Gasteiger partial charge in [-0.1, -0.05) is 43.3 Å². The Kier molecular flexibility index (Phi) is 7.40. The second kappa shape index (κ2) is 10.2. The molecule has 0 heterocycles. The zero-order valence-corrected chi connectivity index (χ0v) is 19.7. The number of anilines is 1. The minimum atomic E-state index is -0.639. The minimum Gasteiger partial charge on any atom is -0.488 e. The first-order valence-electron chi connectivity index (χ1n) is 11.0. The van der Waals surface area contributed by atoms with E-state index >= 15 is 0 Å². The number of hydrogen-bond donors (Lipinski definition) is 0. The molecule has 0 aliphatic carbocycles. The Labute approximate surface area is 195 Å². The fraction of sp³-hybridized carbons (Fsp3) is 0.286. The average Bonchev–Trinajstić information content (AvgIpc) is 2.79. The van der Waals surface area contributed by atoms with E-state index < -0.39 is 11.7 Å². The molecule has 0 unspecified atom stereocenters. The second-order valence-corrected chi connectivity index (χ2v) is 8.75. The van der Waals surface area contributed by atoms with E-state index in [-0.39, 0.29) is 6.54 Å². The molecule has 0 spiro atoms. The maximum Gasteiger partial charge on any atom is 0.415 e. The molecule has 0 atom stereocenters. The Morgan fingerprint density at radius 1 is 1.12 bits per heavy atom. The van der Waals surface area contributed by atoms with Gasteiger partial charge in [-0.2, -0.15) is 5.26 Å². The maximum atomic E-state index is 13.1. The Bertz CT molecular complexity index is 1190. The molecule has 33 heavy (non-hydrogen) atoms. The summed E-state index contributed by atoms with van der Waals surface area (Å²) in [6.45, 7) is 12.0. The highest BCUT2D eigenvalue weighted by atomic mass is 16.6. The van der Waals surface area contributed by atoms with Gasteiger partial charge in [-0.3, -0.25) is 4.90 Å². The van der Waals surface area contributed by atoms with Crippen molar-refractivity contribution in [3.63, 3.8) is 0 Å². The van der Waals surface area contributed by atoms with Gasteiger partial charge in [0.1, 0.15) is 18.0 Å². The lowest BCUT2D eigenvalue weighted by Gasteiger charge is -2.29. The van der Waals surface area contributed by atoms with Gasteiger partial charge in [0.2, 0.25) is 0 Å². The molecule has 5 nitrogen and oxygen atoms in total. The van der Waals surface area contributed by atoms with Crippen LogP contribution in [0, 0.1) is 11.3 Å². The predicted molar refractivity (Wildman–Crippen MR) is 133 cm³/mol. The first-order valence-corrected chi connectivity index (χ1v) is 11.0.